The molecule has 0 radical (unpaired) electrons. The van der Waals surface area contributed by atoms with Crippen molar-refractivity contribution in [3.05, 3.63) is 17.7 Å². The minimum absolute atomic E-state index is 0.200. The van der Waals surface area contributed by atoms with Crippen LogP contribution in [0.2, 0.25) is 0 Å². The monoisotopic (exact) mass is 221 g/mol. The largest absolute Gasteiger partial charge is 0.493 e. The number of fused-ring (bicyclic) bond motifs is 1. The molecular weight excluding hydrogens is 206 g/mol. The summed E-state index contributed by atoms with van der Waals surface area (Å²) >= 11 is 0. The maximum atomic E-state index is 6.29. The van der Waals surface area contributed by atoms with E-state index in [4.69, 9.17) is 19.9 Å². The summed E-state index contributed by atoms with van der Waals surface area (Å²) in [5, 5.41) is 0. The minimum Gasteiger partial charge on any atom is -0.493 e. The fourth-order valence-corrected chi connectivity index (χ4v) is 2.26. The van der Waals surface area contributed by atoms with Crippen molar-refractivity contribution in [1.82, 2.24) is 0 Å². The molecule has 1 heterocycles. The highest BCUT2D eigenvalue weighted by Crippen LogP contribution is 2.47. The number of methoxy groups -OCH3 is 1. The highest BCUT2D eigenvalue weighted by molar-refractivity contribution is 5.56. The fourth-order valence-electron chi connectivity index (χ4n) is 2.26. The van der Waals surface area contributed by atoms with Crippen LogP contribution in [0.3, 0.4) is 0 Å². The van der Waals surface area contributed by atoms with Gasteiger partial charge >= 0.3 is 0 Å². The molecule has 1 aliphatic heterocycles. The lowest BCUT2D eigenvalue weighted by Crippen LogP contribution is -2.43. The number of benzene rings is 1. The zero-order valence-electron chi connectivity index (χ0n) is 9.29. The van der Waals surface area contributed by atoms with Gasteiger partial charge in [0.05, 0.1) is 7.11 Å². The van der Waals surface area contributed by atoms with E-state index in [1.54, 1.807) is 7.11 Å². The van der Waals surface area contributed by atoms with Crippen molar-refractivity contribution in [2.24, 2.45) is 5.73 Å². The van der Waals surface area contributed by atoms with Crippen LogP contribution in [0.15, 0.2) is 12.1 Å². The van der Waals surface area contributed by atoms with Gasteiger partial charge in [-0.2, -0.15) is 0 Å². The molecule has 0 amide bonds. The van der Waals surface area contributed by atoms with Crippen LogP contribution in [-0.4, -0.2) is 13.9 Å². The van der Waals surface area contributed by atoms with Gasteiger partial charge in [-0.1, -0.05) is 0 Å². The Hall–Kier alpha value is -1.42. The molecule has 86 valence electrons. The predicted octanol–water partition coefficient (Wildman–Crippen LogP) is 1.76. The summed E-state index contributed by atoms with van der Waals surface area (Å²) in [6.45, 7) is 0.257. The molecule has 1 saturated carbocycles. The normalized spacial score (nSPS) is 20.4. The number of ether oxygens (including phenoxy) is 3. The van der Waals surface area contributed by atoms with Crippen LogP contribution >= 0.6 is 0 Å². The molecule has 0 bridgehead atoms. The molecule has 4 heteroatoms. The lowest BCUT2D eigenvalue weighted by molar-refractivity contribution is 0.171. The van der Waals surface area contributed by atoms with Gasteiger partial charge in [-0.05, 0) is 37.0 Å². The summed E-state index contributed by atoms with van der Waals surface area (Å²) in [7, 11) is 1.63. The molecule has 3 rings (SSSR count). The van der Waals surface area contributed by atoms with E-state index in [9.17, 15) is 0 Å². The van der Waals surface area contributed by atoms with E-state index in [2.05, 4.69) is 0 Å². The highest BCUT2D eigenvalue weighted by atomic mass is 16.7. The standard InChI is InChI=1S/C12H15NO3/c1-14-9-5-8(12(13)3-2-4-12)6-10-11(9)16-7-15-10/h5-6H,2-4,7,13H2,1H3. The van der Waals surface area contributed by atoms with Crippen molar-refractivity contribution in [2.75, 3.05) is 13.9 Å². The third-order valence-electron chi connectivity index (χ3n) is 3.48. The van der Waals surface area contributed by atoms with Gasteiger partial charge in [0.2, 0.25) is 12.5 Å². The maximum Gasteiger partial charge on any atom is 0.231 e. The summed E-state index contributed by atoms with van der Waals surface area (Å²) in [5.41, 5.74) is 7.17. The van der Waals surface area contributed by atoms with Gasteiger partial charge in [-0.25, -0.2) is 0 Å². The van der Waals surface area contributed by atoms with Crippen LogP contribution in [0, 0.1) is 0 Å². The van der Waals surface area contributed by atoms with Gasteiger partial charge in [0.25, 0.3) is 0 Å². The molecule has 1 fully saturated rings. The zero-order chi connectivity index (χ0) is 11.2. The molecule has 2 N–H and O–H groups in total. The predicted molar refractivity (Wildman–Crippen MR) is 58.8 cm³/mol. The molecule has 0 atom stereocenters. The fraction of sp³-hybridized carbons (Fsp3) is 0.500. The van der Waals surface area contributed by atoms with Crippen LogP contribution in [0.5, 0.6) is 17.2 Å². The molecule has 0 unspecified atom stereocenters. The first-order valence-corrected chi connectivity index (χ1v) is 5.50. The van der Waals surface area contributed by atoms with Crippen LogP contribution in [-0.2, 0) is 5.54 Å². The number of rotatable bonds is 2. The zero-order valence-corrected chi connectivity index (χ0v) is 9.29. The van der Waals surface area contributed by atoms with E-state index in [-0.39, 0.29) is 12.3 Å². The summed E-state index contributed by atoms with van der Waals surface area (Å²) in [4.78, 5) is 0. The van der Waals surface area contributed by atoms with E-state index >= 15 is 0 Å². The van der Waals surface area contributed by atoms with Crippen LogP contribution in [0.25, 0.3) is 0 Å². The van der Waals surface area contributed by atoms with Gasteiger partial charge in [0.1, 0.15) is 0 Å². The SMILES string of the molecule is COc1cc(C2(N)CCC2)cc2c1OCO2. The highest BCUT2D eigenvalue weighted by Gasteiger charge is 2.36. The maximum absolute atomic E-state index is 6.29. The second kappa shape index (κ2) is 3.28. The Morgan fingerprint density at radius 1 is 1.31 bits per heavy atom. The molecule has 0 aromatic heterocycles. The topological polar surface area (TPSA) is 53.7 Å². The first-order chi connectivity index (χ1) is 7.73. The summed E-state index contributed by atoms with van der Waals surface area (Å²) < 4.78 is 16.0. The molecular formula is C12H15NO3. The van der Waals surface area contributed by atoms with Crippen LogP contribution in [0.1, 0.15) is 24.8 Å². The van der Waals surface area contributed by atoms with E-state index in [0.717, 1.165) is 24.2 Å². The second-order valence-electron chi connectivity index (χ2n) is 4.42. The van der Waals surface area contributed by atoms with Gasteiger partial charge in [0.15, 0.2) is 11.5 Å². The molecule has 4 nitrogen and oxygen atoms in total. The van der Waals surface area contributed by atoms with E-state index in [1.807, 2.05) is 12.1 Å². The Balaban J connectivity index is 2.07. The van der Waals surface area contributed by atoms with Crippen molar-refractivity contribution >= 4 is 0 Å². The van der Waals surface area contributed by atoms with Crippen molar-refractivity contribution in [2.45, 2.75) is 24.8 Å². The van der Waals surface area contributed by atoms with E-state index in [0.29, 0.717) is 11.5 Å². The Labute approximate surface area is 94.3 Å². The Morgan fingerprint density at radius 3 is 2.75 bits per heavy atom. The van der Waals surface area contributed by atoms with E-state index < -0.39 is 0 Å². The Kier molecular flexibility index (Phi) is 2.01. The smallest absolute Gasteiger partial charge is 0.231 e. The van der Waals surface area contributed by atoms with Gasteiger partial charge in [-0.3, -0.25) is 0 Å². The van der Waals surface area contributed by atoms with Crippen LogP contribution in [0.4, 0.5) is 0 Å². The van der Waals surface area contributed by atoms with Crippen LogP contribution < -0.4 is 19.9 Å². The number of hydrogen-bond acceptors (Lipinski definition) is 4. The molecule has 1 aliphatic carbocycles. The molecule has 0 spiro atoms. The number of hydrogen-bond donors (Lipinski definition) is 1. The molecule has 16 heavy (non-hydrogen) atoms. The van der Waals surface area contributed by atoms with Crippen molar-refractivity contribution < 1.29 is 14.2 Å². The molecule has 2 aliphatic rings. The average molecular weight is 221 g/mol. The van der Waals surface area contributed by atoms with Gasteiger partial charge in [0, 0.05) is 5.54 Å². The average Bonchev–Trinajstić information content (AvgIpc) is 2.72. The van der Waals surface area contributed by atoms with Gasteiger partial charge in [-0.15, -0.1) is 0 Å². The van der Waals surface area contributed by atoms with E-state index in [1.165, 1.54) is 6.42 Å². The Morgan fingerprint density at radius 2 is 2.12 bits per heavy atom. The summed E-state index contributed by atoms with van der Waals surface area (Å²) in [6, 6.07) is 3.94. The molecule has 0 saturated heterocycles. The van der Waals surface area contributed by atoms with Crippen molar-refractivity contribution in [1.29, 1.82) is 0 Å². The first-order valence-electron chi connectivity index (χ1n) is 5.50. The Bertz CT molecular complexity index is 427. The lowest BCUT2D eigenvalue weighted by Gasteiger charge is -2.38. The lowest BCUT2D eigenvalue weighted by atomic mass is 9.72. The van der Waals surface area contributed by atoms with Gasteiger partial charge < -0.3 is 19.9 Å². The number of nitrogens with two attached hydrogens (primary N) is 1. The molecule has 1 aromatic carbocycles. The third-order valence-corrected chi connectivity index (χ3v) is 3.48. The summed E-state index contributed by atoms with van der Waals surface area (Å²) in [5.74, 6) is 2.14. The molecule has 1 aromatic rings. The van der Waals surface area contributed by atoms with Crippen molar-refractivity contribution in [3.8, 4) is 17.2 Å². The summed E-state index contributed by atoms with van der Waals surface area (Å²) in [6.07, 6.45) is 3.23. The third kappa shape index (κ3) is 1.26. The van der Waals surface area contributed by atoms with Crippen molar-refractivity contribution in [3.63, 3.8) is 0 Å². The first kappa shape index (κ1) is 9.78. The second-order valence-corrected chi connectivity index (χ2v) is 4.42. The minimum atomic E-state index is -0.200. The quantitative estimate of drug-likeness (QED) is 0.826.